The van der Waals surface area contributed by atoms with E-state index in [4.69, 9.17) is 23.0 Å². The molecule has 0 aliphatic carbocycles. The van der Waals surface area contributed by atoms with Crippen LogP contribution in [0.5, 0.6) is 11.5 Å². The summed E-state index contributed by atoms with van der Waals surface area (Å²) in [6.45, 7) is 11.3. The van der Waals surface area contributed by atoms with E-state index in [9.17, 15) is 40.7 Å². The lowest BCUT2D eigenvalue weighted by Gasteiger charge is -2.27. The third-order valence-electron chi connectivity index (χ3n) is 13.4. The van der Waals surface area contributed by atoms with Crippen molar-refractivity contribution in [1.82, 2.24) is 0 Å². The average molecular weight is 1110 g/mol. The van der Waals surface area contributed by atoms with Crippen molar-refractivity contribution < 1.29 is 68.4 Å². The number of alkyl halides is 6. The zero-order chi connectivity index (χ0) is 57.2. The van der Waals surface area contributed by atoms with E-state index in [2.05, 4.69) is 58.9 Å². The van der Waals surface area contributed by atoms with Crippen molar-refractivity contribution in [1.29, 1.82) is 0 Å². The molecule has 0 amide bonds. The molecule has 6 aromatic rings. The topological polar surface area (TPSA) is 133 Å². The number of rotatable bonds is 34. The minimum Gasteiger partial charge on any atom is -0.493 e. The number of unbranched alkanes of at least 4 members (excludes halogenated alkanes) is 4. The Morgan fingerprint density at radius 3 is 1.44 bits per heavy atom. The van der Waals surface area contributed by atoms with Gasteiger partial charge < -0.3 is 27.8 Å². The van der Waals surface area contributed by atoms with Crippen LogP contribution in [0.25, 0.3) is 44.2 Å². The number of aryl methyl sites for hydroxylation is 4. The molecule has 6 rings (SSSR count). The van der Waals surface area contributed by atoms with Crippen LogP contribution in [0, 0.1) is 0 Å². The minimum atomic E-state index is -5.45. The van der Waals surface area contributed by atoms with E-state index in [0.29, 0.717) is 57.4 Å². The van der Waals surface area contributed by atoms with Crippen molar-refractivity contribution >= 4 is 27.9 Å². The zero-order valence-corrected chi connectivity index (χ0v) is 45.8. The normalized spacial score (nSPS) is 12.2. The average Bonchev–Trinajstić information content (AvgIpc) is 3.48. The van der Waals surface area contributed by atoms with Crippen molar-refractivity contribution in [3.05, 3.63) is 140 Å². The van der Waals surface area contributed by atoms with Gasteiger partial charge in [0.25, 0.3) is 0 Å². The highest BCUT2D eigenvalue weighted by Crippen LogP contribution is 2.37. The van der Waals surface area contributed by atoms with Gasteiger partial charge >= 0.3 is 35.7 Å². The molecule has 11 nitrogen and oxygen atoms in total. The predicted molar refractivity (Wildman–Crippen MR) is 292 cm³/mol. The second-order valence-electron chi connectivity index (χ2n) is 19.7. The third kappa shape index (κ3) is 18.8. The number of carbonyl (C=O) groups is 1. The van der Waals surface area contributed by atoms with E-state index in [-0.39, 0.29) is 31.6 Å². The van der Waals surface area contributed by atoms with Gasteiger partial charge in [-0.3, -0.25) is 0 Å². The van der Waals surface area contributed by atoms with E-state index < -0.39 is 67.9 Å². The lowest BCUT2D eigenvalue weighted by atomic mass is 9.94. The largest absolute Gasteiger partial charge is 0.494 e. The highest BCUT2D eigenvalue weighted by Gasteiger charge is 2.52. The van der Waals surface area contributed by atoms with Crippen LogP contribution in [0.1, 0.15) is 134 Å². The summed E-state index contributed by atoms with van der Waals surface area (Å²) in [6, 6.07) is 26.2. The summed E-state index contributed by atoms with van der Waals surface area (Å²) in [5.74, 6) is -0.258. The summed E-state index contributed by atoms with van der Waals surface area (Å²) in [6.07, 6.45) is -7.35. The summed E-state index contributed by atoms with van der Waals surface area (Å²) in [4.78, 5) is 38.2. The van der Waals surface area contributed by atoms with Crippen LogP contribution in [0.2, 0.25) is 0 Å². The maximum atomic E-state index is 14.8. The molecule has 0 saturated heterocycles. The molecule has 17 heteroatoms. The van der Waals surface area contributed by atoms with E-state index in [1.165, 1.54) is 18.1 Å². The summed E-state index contributed by atoms with van der Waals surface area (Å²) in [5.41, 5.74) is 6.63. The molecule has 79 heavy (non-hydrogen) atoms. The van der Waals surface area contributed by atoms with Crippen molar-refractivity contribution in [3.8, 4) is 33.8 Å². The van der Waals surface area contributed by atoms with Gasteiger partial charge in [0, 0.05) is 28.5 Å². The van der Waals surface area contributed by atoms with Crippen LogP contribution in [0.4, 0.5) is 26.3 Å². The quantitative estimate of drug-likeness (QED) is 0.00955. The smallest absolute Gasteiger partial charge is 0.493 e. The van der Waals surface area contributed by atoms with Gasteiger partial charge in [-0.25, -0.2) is 23.9 Å². The molecule has 0 saturated carbocycles. The Morgan fingerprint density at radius 1 is 0.557 bits per heavy atom. The monoisotopic (exact) mass is 1110 g/mol. The van der Waals surface area contributed by atoms with Crippen molar-refractivity contribution in [2.45, 2.75) is 162 Å². The Balaban J connectivity index is 1.08. The second-order valence-corrected chi connectivity index (χ2v) is 19.7. The maximum absolute atomic E-state index is 14.8. The molecule has 2 heterocycles. The summed E-state index contributed by atoms with van der Waals surface area (Å²) >= 11 is 0. The molecular weight excluding hydrogens is 1030 g/mol. The van der Waals surface area contributed by atoms with Gasteiger partial charge in [-0.15, -0.1) is 8.78 Å². The second kappa shape index (κ2) is 29.2. The van der Waals surface area contributed by atoms with Crippen LogP contribution < -0.4 is 20.7 Å². The fourth-order valence-electron chi connectivity index (χ4n) is 9.13. The van der Waals surface area contributed by atoms with Crippen molar-refractivity contribution in [3.63, 3.8) is 0 Å². The van der Waals surface area contributed by atoms with Gasteiger partial charge in [0.1, 0.15) is 22.7 Å². The Bertz CT molecular complexity index is 2930. The van der Waals surface area contributed by atoms with E-state index in [1.807, 2.05) is 26.0 Å². The van der Waals surface area contributed by atoms with Crippen LogP contribution in [0.3, 0.4) is 0 Å². The maximum Gasteiger partial charge on any atom is 0.494 e. The highest BCUT2D eigenvalue weighted by atomic mass is 19.3. The molecule has 0 N–H and O–H groups in total. The van der Waals surface area contributed by atoms with Gasteiger partial charge in [0.15, 0.2) is 0 Å². The molecule has 428 valence electrons. The summed E-state index contributed by atoms with van der Waals surface area (Å²) in [7, 11) is 0. The third-order valence-corrected chi connectivity index (χ3v) is 13.4. The lowest BCUT2D eigenvalue weighted by molar-refractivity contribution is -0.515. The molecule has 0 unspecified atom stereocenters. The number of fused-ring (bicyclic) bond motifs is 2. The first-order valence-corrected chi connectivity index (χ1v) is 27.4. The van der Waals surface area contributed by atoms with Gasteiger partial charge in [-0.1, -0.05) is 96.4 Å². The van der Waals surface area contributed by atoms with Crippen LogP contribution in [0.15, 0.2) is 116 Å². The standard InChI is InChI=1S/C62H72F6O11/c1-7-11-13-17-42-21-27-51(44(9-3)35-42)53-37-46-23-25-49(39-55(46)76-58(53)70)72-31-15-19-48(74-33-29-60(63,64)78-62(67,68)79-61(65,66)30-34-75-57(69)41(5)6)20-16-32-73-50-26-24-47-38-54(59(71)77-56(47)40-50)52-28-22-43(18-14-12-8-2)36-45(52)10-4/h21-28,35-40,48H,5,7-20,29-34H2,1-4,6H3. The van der Waals surface area contributed by atoms with Gasteiger partial charge in [0.2, 0.25) is 0 Å². The first-order valence-electron chi connectivity index (χ1n) is 27.4. The molecule has 0 spiro atoms. The molecule has 0 fully saturated rings. The Morgan fingerprint density at radius 2 is 1.01 bits per heavy atom. The molecular formula is C62H72F6O11. The summed E-state index contributed by atoms with van der Waals surface area (Å²) in [5, 5.41) is 1.38. The Kier molecular flexibility index (Phi) is 22.8. The lowest BCUT2D eigenvalue weighted by Crippen LogP contribution is -2.41. The van der Waals surface area contributed by atoms with Crippen molar-refractivity contribution in [2.75, 3.05) is 26.4 Å². The number of hydrogen-bond acceptors (Lipinski definition) is 11. The number of hydrogen-bond donors (Lipinski definition) is 0. The minimum absolute atomic E-state index is 0.117. The molecule has 4 aromatic carbocycles. The SMILES string of the molecule is C=C(C)C(=O)OCCC(F)(F)OC(F)(F)OC(F)(F)CCOC(CCCOc1ccc2cc(-c3ccc(CCCCC)cc3CC)c(=O)oc2c1)CCCOc1ccc2cc(-c3ccc(CCCCC)cc3CC)c(=O)oc2c1. The number of benzene rings is 4. The van der Waals surface area contributed by atoms with Crippen LogP contribution in [-0.4, -0.2) is 57.0 Å². The Hall–Kier alpha value is -6.43. The predicted octanol–water partition coefficient (Wildman–Crippen LogP) is 15.9. The number of carbonyl (C=O) groups excluding carboxylic acids is 1. The highest BCUT2D eigenvalue weighted by molar-refractivity contribution is 5.87. The molecule has 0 aliphatic rings. The Labute approximate surface area is 457 Å². The first kappa shape index (κ1) is 61.8. The fourth-order valence-corrected chi connectivity index (χ4v) is 9.13. The van der Waals surface area contributed by atoms with Crippen LogP contribution in [-0.2, 0) is 49.4 Å². The number of ether oxygens (including phenoxy) is 6. The molecule has 0 aliphatic heterocycles. The van der Waals surface area contributed by atoms with E-state index in [1.54, 1.807) is 48.5 Å². The molecule has 0 atom stereocenters. The molecule has 2 aromatic heterocycles. The molecule has 0 bridgehead atoms. The van der Waals surface area contributed by atoms with E-state index >= 15 is 0 Å². The van der Waals surface area contributed by atoms with Crippen LogP contribution >= 0.6 is 0 Å². The zero-order valence-electron chi connectivity index (χ0n) is 45.8. The molecule has 0 radical (unpaired) electrons. The first-order chi connectivity index (χ1) is 37.7. The van der Waals surface area contributed by atoms with E-state index in [0.717, 1.165) is 86.5 Å². The summed E-state index contributed by atoms with van der Waals surface area (Å²) < 4.78 is 127. The van der Waals surface area contributed by atoms with Crippen molar-refractivity contribution in [2.24, 2.45) is 0 Å². The number of halogens is 6. The van der Waals surface area contributed by atoms with Gasteiger partial charge in [-0.05, 0) is 141 Å². The van der Waals surface area contributed by atoms with Gasteiger partial charge in [-0.2, -0.15) is 17.6 Å². The van der Waals surface area contributed by atoms with Gasteiger partial charge in [0.05, 0.1) is 56.5 Å². The fraction of sp³-hybridized carbons (Fsp3) is 0.468. The number of esters is 1.